The van der Waals surface area contributed by atoms with E-state index in [1.54, 1.807) is 0 Å². The Morgan fingerprint density at radius 1 is 1.09 bits per heavy atom. The lowest BCUT2D eigenvalue weighted by Crippen LogP contribution is -2.41. The Kier molecular flexibility index (Phi) is 3.31. The molecule has 6 heteroatoms. The van der Waals surface area contributed by atoms with Crippen LogP contribution in [0.15, 0.2) is 24.3 Å². The SMILES string of the molecule is CC1(C)OB(c2ccc(C3(NC(=O)O)CC3)cc2)OC1(C)C. The molecule has 1 aliphatic carbocycles. The van der Waals surface area contributed by atoms with E-state index in [1.165, 1.54) is 0 Å². The van der Waals surface area contributed by atoms with Gasteiger partial charge in [-0.05, 0) is 51.6 Å². The van der Waals surface area contributed by atoms with Crippen LogP contribution in [0.25, 0.3) is 0 Å². The molecule has 0 radical (unpaired) electrons. The fraction of sp³-hybridized carbons (Fsp3) is 0.562. The van der Waals surface area contributed by atoms with Gasteiger partial charge in [-0.1, -0.05) is 24.3 Å². The van der Waals surface area contributed by atoms with E-state index >= 15 is 0 Å². The third-order valence-electron chi connectivity index (χ3n) is 5.08. The molecule has 0 atom stereocenters. The summed E-state index contributed by atoms with van der Waals surface area (Å²) in [4.78, 5) is 10.9. The molecule has 1 aliphatic heterocycles. The lowest BCUT2D eigenvalue weighted by Gasteiger charge is -2.32. The number of rotatable bonds is 3. The zero-order valence-electron chi connectivity index (χ0n) is 13.5. The van der Waals surface area contributed by atoms with Crippen LogP contribution in [0, 0.1) is 0 Å². The van der Waals surface area contributed by atoms with Gasteiger partial charge in [-0.3, -0.25) is 0 Å². The molecule has 0 bridgehead atoms. The zero-order valence-corrected chi connectivity index (χ0v) is 13.5. The molecule has 1 aromatic carbocycles. The summed E-state index contributed by atoms with van der Waals surface area (Å²) in [6.45, 7) is 8.10. The third-order valence-corrected chi connectivity index (χ3v) is 5.08. The topological polar surface area (TPSA) is 67.8 Å². The first kappa shape index (κ1) is 15.4. The van der Waals surface area contributed by atoms with E-state index in [4.69, 9.17) is 14.4 Å². The molecule has 118 valence electrons. The van der Waals surface area contributed by atoms with E-state index in [9.17, 15) is 4.79 Å². The van der Waals surface area contributed by atoms with Crippen LogP contribution < -0.4 is 10.8 Å². The lowest BCUT2D eigenvalue weighted by atomic mass is 9.78. The molecule has 0 aromatic heterocycles. The van der Waals surface area contributed by atoms with Crippen molar-refractivity contribution in [3.63, 3.8) is 0 Å². The number of amides is 1. The van der Waals surface area contributed by atoms with Gasteiger partial charge >= 0.3 is 13.2 Å². The van der Waals surface area contributed by atoms with E-state index in [-0.39, 0.29) is 18.3 Å². The van der Waals surface area contributed by atoms with Crippen molar-refractivity contribution >= 4 is 18.7 Å². The van der Waals surface area contributed by atoms with Crippen LogP contribution in [-0.4, -0.2) is 29.5 Å². The summed E-state index contributed by atoms with van der Waals surface area (Å²) in [5, 5.41) is 11.6. The van der Waals surface area contributed by atoms with Crippen LogP contribution >= 0.6 is 0 Å². The fourth-order valence-corrected chi connectivity index (χ4v) is 2.75. The Bertz CT molecular complexity index is 577. The second kappa shape index (κ2) is 4.73. The number of nitrogens with one attached hydrogen (secondary N) is 1. The molecule has 1 saturated heterocycles. The fourth-order valence-electron chi connectivity index (χ4n) is 2.75. The van der Waals surface area contributed by atoms with Crippen LogP contribution in [0.2, 0.25) is 0 Å². The first-order valence-electron chi connectivity index (χ1n) is 7.62. The van der Waals surface area contributed by atoms with Crippen molar-refractivity contribution in [3.05, 3.63) is 29.8 Å². The molecule has 5 nitrogen and oxygen atoms in total. The summed E-state index contributed by atoms with van der Waals surface area (Å²) < 4.78 is 12.0. The molecule has 2 aliphatic rings. The van der Waals surface area contributed by atoms with Crippen molar-refractivity contribution in [3.8, 4) is 0 Å². The van der Waals surface area contributed by atoms with Crippen molar-refractivity contribution in [1.29, 1.82) is 0 Å². The summed E-state index contributed by atoms with van der Waals surface area (Å²) in [5.41, 5.74) is 0.821. The van der Waals surface area contributed by atoms with E-state index in [2.05, 4.69) is 5.32 Å². The van der Waals surface area contributed by atoms with Crippen molar-refractivity contribution in [1.82, 2.24) is 5.32 Å². The standard InChI is InChI=1S/C16H22BNO4/c1-14(2)15(3,4)22-17(21-14)12-7-5-11(6-8-12)16(9-10-16)18-13(19)20/h5-8,18H,9-10H2,1-4H3,(H,19,20). The smallest absolute Gasteiger partial charge is 0.465 e. The molecule has 3 rings (SSSR count). The summed E-state index contributed by atoms with van der Waals surface area (Å²) in [5.74, 6) is 0. The van der Waals surface area contributed by atoms with Crippen molar-refractivity contribution in [2.24, 2.45) is 0 Å². The Labute approximate surface area is 131 Å². The highest BCUT2D eigenvalue weighted by molar-refractivity contribution is 6.62. The minimum absolute atomic E-state index is 0.362. The van der Waals surface area contributed by atoms with Crippen LogP contribution in [0.3, 0.4) is 0 Å². The number of carbonyl (C=O) groups is 1. The first-order valence-corrected chi connectivity index (χ1v) is 7.62. The average molecular weight is 303 g/mol. The summed E-state index contributed by atoms with van der Waals surface area (Å²) in [6, 6.07) is 7.84. The van der Waals surface area contributed by atoms with Crippen molar-refractivity contribution in [2.75, 3.05) is 0 Å². The lowest BCUT2D eigenvalue weighted by molar-refractivity contribution is 0.00578. The Balaban J connectivity index is 1.78. The maximum atomic E-state index is 10.9. The number of carboxylic acid groups (broad SMARTS) is 1. The van der Waals surface area contributed by atoms with Crippen molar-refractivity contribution in [2.45, 2.75) is 57.3 Å². The van der Waals surface area contributed by atoms with Gasteiger partial charge in [-0.15, -0.1) is 0 Å². The van der Waals surface area contributed by atoms with Gasteiger partial charge in [0.05, 0.1) is 16.7 Å². The Morgan fingerprint density at radius 3 is 2.00 bits per heavy atom. The van der Waals surface area contributed by atoms with Gasteiger partial charge in [0.2, 0.25) is 0 Å². The van der Waals surface area contributed by atoms with Gasteiger partial charge in [0, 0.05) is 0 Å². The maximum absolute atomic E-state index is 10.9. The molecule has 1 saturated carbocycles. The molecule has 2 fully saturated rings. The molecular formula is C16H22BNO4. The highest BCUT2D eigenvalue weighted by Gasteiger charge is 2.52. The molecule has 1 aromatic rings. The second-order valence-corrected chi connectivity index (χ2v) is 7.22. The normalized spacial score (nSPS) is 24.1. The van der Waals surface area contributed by atoms with Crippen LogP contribution in [0.4, 0.5) is 4.79 Å². The van der Waals surface area contributed by atoms with E-state index in [0.717, 1.165) is 23.9 Å². The van der Waals surface area contributed by atoms with E-state index in [1.807, 2.05) is 52.0 Å². The van der Waals surface area contributed by atoms with Gasteiger partial charge in [0.25, 0.3) is 0 Å². The molecule has 1 amide bonds. The summed E-state index contributed by atoms with van der Waals surface area (Å²) in [6.07, 6.45) is 0.706. The minimum Gasteiger partial charge on any atom is -0.465 e. The number of hydrogen-bond donors (Lipinski definition) is 2. The van der Waals surface area contributed by atoms with E-state index < -0.39 is 11.6 Å². The monoisotopic (exact) mass is 303 g/mol. The third kappa shape index (κ3) is 2.50. The van der Waals surface area contributed by atoms with Gasteiger partial charge < -0.3 is 19.7 Å². The van der Waals surface area contributed by atoms with Gasteiger partial charge in [-0.25, -0.2) is 4.79 Å². The van der Waals surface area contributed by atoms with Gasteiger partial charge in [0.15, 0.2) is 0 Å². The number of benzene rings is 1. The second-order valence-electron chi connectivity index (χ2n) is 7.22. The quantitative estimate of drug-likeness (QED) is 0.840. The Hall–Kier alpha value is -1.53. The summed E-state index contributed by atoms with van der Waals surface area (Å²) >= 11 is 0. The van der Waals surface area contributed by atoms with Crippen LogP contribution in [-0.2, 0) is 14.8 Å². The molecule has 0 spiro atoms. The highest BCUT2D eigenvalue weighted by atomic mass is 16.7. The highest BCUT2D eigenvalue weighted by Crippen LogP contribution is 2.45. The zero-order chi connectivity index (χ0) is 16.2. The molecule has 1 heterocycles. The molecule has 22 heavy (non-hydrogen) atoms. The average Bonchev–Trinajstić information content (AvgIpc) is 3.13. The van der Waals surface area contributed by atoms with Gasteiger partial charge in [0.1, 0.15) is 0 Å². The minimum atomic E-state index is -0.979. The largest absolute Gasteiger partial charge is 0.494 e. The molecule has 2 N–H and O–H groups in total. The van der Waals surface area contributed by atoms with Crippen LogP contribution in [0.1, 0.15) is 46.1 Å². The maximum Gasteiger partial charge on any atom is 0.494 e. The predicted molar refractivity (Wildman–Crippen MR) is 84.2 cm³/mol. The van der Waals surface area contributed by atoms with Crippen LogP contribution in [0.5, 0.6) is 0 Å². The van der Waals surface area contributed by atoms with Crippen molar-refractivity contribution < 1.29 is 19.2 Å². The van der Waals surface area contributed by atoms with E-state index in [0.29, 0.717) is 0 Å². The summed E-state index contributed by atoms with van der Waals surface area (Å²) in [7, 11) is -0.387. The molecule has 0 unspecified atom stereocenters. The number of hydrogen-bond acceptors (Lipinski definition) is 3. The van der Waals surface area contributed by atoms with Gasteiger partial charge in [-0.2, -0.15) is 0 Å². The Morgan fingerprint density at radius 2 is 1.59 bits per heavy atom. The predicted octanol–water partition coefficient (Wildman–Crippen LogP) is 2.24. The molecular weight excluding hydrogens is 281 g/mol. The first-order chi connectivity index (χ1) is 10.2.